The van der Waals surface area contributed by atoms with Gasteiger partial charge in [0.15, 0.2) is 11.6 Å². The van der Waals surface area contributed by atoms with E-state index in [9.17, 15) is 13.6 Å². The van der Waals surface area contributed by atoms with Crippen molar-refractivity contribution in [3.8, 4) is 11.6 Å². The molecule has 3 aromatic rings. The Hall–Kier alpha value is -4.28. The highest BCUT2D eigenvalue weighted by Gasteiger charge is 2.38. The fourth-order valence-electron chi connectivity index (χ4n) is 4.89. The van der Waals surface area contributed by atoms with Gasteiger partial charge >= 0.3 is 6.03 Å². The monoisotopic (exact) mass is 521 g/mol. The number of aliphatic imine (C=N–C) groups is 2. The number of benzene rings is 2. The van der Waals surface area contributed by atoms with E-state index in [4.69, 9.17) is 4.74 Å². The summed E-state index contributed by atoms with van der Waals surface area (Å²) >= 11 is 0. The molecule has 5 rings (SSSR count). The molecule has 0 radical (unpaired) electrons. The molecule has 9 nitrogen and oxygen atoms in total. The van der Waals surface area contributed by atoms with E-state index in [0.29, 0.717) is 49.2 Å². The number of para-hydroxylation sites is 1. The maximum atomic E-state index is 14.1. The number of nitrogens with one attached hydrogen (secondary N) is 2. The predicted molar refractivity (Wildman–Crippen MR) is 141 cm³/mol. The fourth-order valence-corrected chi connectivity index (χ4v) is 4.89. The van der Waals surface area contributed by atoms with E-state index in [1.165, 1.54) is 6.07 Å². The molecule has 2 N–H and O–H groups in total. The summed E-state index contributed by atoms with van der Waals surface area (Å²) in [6, 6.07) is 12.4. The summed E-state index contributed by atoms with van der Waals surface area (Å²) in [4.78, 5) is 24.2. The predicted octanol–water partition coefficient (Wildman–Crippen LogP) is 4.28. The molecule has 0 unspecified atom stereocenters. The number of anilines is 1. The van der Waals surface area contributed by atoms with Gasteiger partial charge in [0.25, 0.3) is 0 Å². The van der Waals surface area contributed by atoms with Crippen LogP contribution in [0.2, 0.25) is 0 Å². The minimum atomic E-state index is -0.925. The molecule has 2 atom stereocenters. The summed E-state index contributed by atoms with van der Waals surface area (Å²) in [6.45, 7) is 7.27. The minimum absolute atomic E-state index is 0.300. The number of halogens is 2. The summed E-state index contributed by atoms with van der Waals surface area (Å²) in [5.74, 6) is -0.491. The zero-order valence-electron chi connectivity index (χ0n) is 21.4. The van der Waals surface area contributed by atoms with Crippen molar-refractivity contribution in [3.05, 3.63) is 71.3 Å². The normalized spacial score (nSPS) is 18.8. The standard InChI is InChI=1S/C27H29F2N7O2/c1-4-38-26-16(2)24(36(34-26)19-8-6-5-7-9-19)33-27(37)32-23-14-35(25-17(3)30-15-31-25)13-20(23)18-10-11-21(28)22(29)12-18/h5-12,20,23H,4,13-15H2,1-3H3,(H2,32,33,37)/t20-,23+/m0/s1. The number of nitrogens with zero attached hydrogens (tertiary/aromatic N) is 5. The second kappa shape index (κ2) is 10.6. The Bertz CT molecular complexity index is 1400. The summed E-state index contributed by atoms with van der Waals surface area (Å²) in [6.07, 6.45) is 0. The molecule has 1 saturated heterocycles. The summed E-state index contributed by atoms with van der Waals surface area (Å²) in [7, 11) is 0. The largest absolute Gasteiger partial charge is 0.477 e. The van der Waals surface area contributed by atoms with Crippen molar-refractivity contribution >= 4 is 23.4 Å². The van der Waals surface area contributed by atoms with Crippen LogP contribution in [0.3, 0.4) is 0 Å². The van der Waals surface area contributed by atoms with Gasteiger partial charge in [-0.05, 0) is 50.6 Å². The van der Waals surface area contributed by atoms with E-state index >= 15 is 0 Å². The van der Waals surface area contributed by atoms with Gasteiger partial charge < -0.3 is 15.0 Å². The van der Waals surface area contributed by atoms with Gasteiger partial charge in [-0.2, -0.15) is 0 Å². The van der Waals surface area contributed by atoms with Gasteiger partial charge in [-0.1, -0.05) is 24.3 Å². The highest BCUT2D eigenvalue weighted by molar-refractivity contribution is 6.41. The number of amides is 2. The molecule has 1 fully saturated rings. The highest BCUT2D eigenvalue weighted by Crippen LogP contribution is 2.31. The molecular formula is C27H29F2N7O2. The third-order valence-corrected chi connectivity index (χ3v) is 6.75. The van der Waals surface area contributed by atoms with Crippen LogP contribution < -0.4 is 15.4 Å². The first-order chi connectivity index (χ1) is 18.4. The molecular weight excluding hydrogens is 492 g/mol. The Morgan fingerprint density at radius 3 is 2.55 bits per heavy atom. The van der Waals surface area contributed by atoms with Gasteiger partial charge in [0.1, 0.15) is 18.3 Å². The van der Waals surface area contributed by atoms with E-state index in [1.54, 1.807) is 10.7 Å². The van der Waals surface area contributed by atoms with Gasteiger partial charge in [0.05, 0.1) is 29.6 Å². The lowest BCUT2D eigenvalue weighted by molar-refractivity contribution is 0.248. The van der Waals surface area contributed by atoms with Crippen molar-refractivity contribution in [3.63, 3.8) is 0 Å². The first-order valence-electron chi connectivity index (χ1n) is 12.5. The van der Waals surface area contributed by atoms with E-state index in [2.05, 4.69) is 25.7 Å². The van der Waals surface area contributed by atoms with Crippen molar-refractivity contribution < 1.29 is 18.3 Å². The smallest absolute Gasteiger partial charge is 0.320 e. The molecule has 0 bridgehead atoms. The molecule has 2 aliphatic rings. The van der Waals surface area contributed by atoms with E-state index in [1.807, 2.05) is 56.0 Å². The van der Waals surface area contributed by atoms with Gasteiger partial charge in [-0.15, -0.1) is 5.10 Å². The molecule has 1 aromatic heterocycles. The zero-order valence-corrected chi connectivity index (χ0v) is 21.4. The molecule has 0 aliphatic carbocycles. The average Bonchev–Trinajstić information content (AvgIpc) is 3.60. The molecule has 2 aromatic carbocycles. The van der Waals surface area contributed by atoms with Gasteiger partial charge in [0.2, 0.25) is 5.88 Å². The number of carbonyl (C=O) groups excluding carboxylic acids is 1. The first-order valence-corrected chi connectivity index (χ1v) is 12.5. The maximum Gasteiger partial charge on any atom is 0.320 e. The van der Waals surface area contributed by atoms with Crippen molar-refractivity contribution in [2.24, 2.45) is 9.98 Å². The number of likely N-dealkylation sites (tertiary alicyclic amines) is 1. The van der Waals surface area contributed by atoms with Gasteiger partial charge in [0, 0.05) is 19.0 Å². The van der Waals surface area contributed by atoms with Crippen LogP contribution in [-0.4, -0.2) is 64.7 Å². The maximum absolute atomic E-state index is 14.1. The van der Waals surface area contributed by atoms with Crippen molar-refractivity contribution in [1.82, 2.24) is 20.0 Å². The summed E-state index contributed by atoms with van der Waals surface area (Å²) in [5.41, 5.74) is 2.85. The molecule has 3 heterocycles. The Labute approximate surface area is 219 Å². The van der Waals surface area contributed by atoms with Crippen LogP contribution >= 0.6 is 0 Å². The lowest BCUT2D eigenvalue weighted by Gasteiger charge is -2.21. The number of ether oxygens (including phenoxy) is 1. The molecule has 2 amide bonds. The van der Waals surface area contributed by atoms with Gasteiger partial charge in [-0.25, -0.2) is 23.2 Å². The van der Waals surface area contributed by atoms with Gasteiger partial charge in [-0.3, -0.25) is 10.3 Å². The third kappa shape index (κ3) is 4.96. The summed E-state index contributed by atoms with van der Waals surface area (Å²) in [5, 5.41) is 10.5. The molecule has 0 saturated carbocycles. The van der Waals surface area contributed by atoms with E-state index in [-0.39, 0.29) is 5.92 Å². The van der Waals surface area contributed by atoms with Crippen LogP contribution in [0.1, 0.15) is 30.9 Å². The van der Waals surface area contributed by atoms with E-state index < -0.39 is 23.7 Å². The van der Waals surface area contributed by atoms with Crippen LogP contribution in [-0.2, 0) is 0 Å². The second-order valence-electron chi connectivity index (χ2n) is 9.22. The minimum Gasteiger partial charge on any atom is -0.477 e. The van der Waals surface area contributed by atoms with Crippen LogP contribution in [0, 0.1) is 18.6 Å². The lowest BCUT2D eigenvalue weighted by Crippen LogP contribution is -2.43. The molecule has 0 spiro atoms. The number of rotatable bonds is 6. The first kappa shape index (κ1) is 25.4. The number of carbonyl (C=O) groups is 1. The second-order valence-corrected chi connectivity index (χ2v) is 9.22. The Balaban J connectivity index is 1.41. The molecule has 38 heavy (non-hydrogen) atoms. The van der Waals surface area contributed by atoms with Crippen LogP contribution in [0.4, 0.5) is 19.4 Å². The van der Waals surface area contributed by atoms with Crippen LogP contribution in [0.5, 0.6) is 5.88 Å². The quantitative estimate of drug-likeness (QED) is 0.506. The van der Waals surface area contributed by atoms with Crippen molar-refractivity contribution in [2.75, 3.05) is 31.7 Å². The number of hydrogen-bond donors (Lipinski definition) is 2. The van der Waals surface area contributed by atoms with Crippen LogP contribution in [0.15, 0.2) is 58.5 Å². The van der Waals surface area contributed by atoms with Crippen molar-refractivity contribution in [1.29, 1.82) is 0 Å². The third-order valence-electron chi connectivity index (χ3n) is 6.75. The number of hydrogen-bond acceptors (Lipinski definition) is 6. The summed E-state index contributed by atoms with van der Waals surface area (Å²) < 4.78 is 35.1. The SMILES string of the molecule is CCOc1nn(-c2ccccc2)c(NC(=O)N[C@@H]2CN(C3=NCN=C3C)C[C@H]2c2ccc(F)c(F)c2)c1C. The number of aromatic nitrogens is 2. The molecule has 2 aliphatic heterocycles. The highest BCUT2D eigenvalue weighted by atomic mass is 19.2. The average molecular weight is 522 g/mol. The Kier molecular flexibility index (Phi) is 7.08. The van der Waals surface area contributed by atoms with Crippen LogP contribution in [0.25, 0.3) is 5.69 Å². The Morgan fingerprint density at radius 2 is 1.87 bits per heavy atom. The lowest BCUT2D eigenvalue weighted by atomic mass is 9.94. The number of amidine groups is 1. The van der Waals surface area contributed by atoms with E-state index in [0.717, 1.165) is 23.3 Å². The topological polar surface area (TPSA) is 96.1 Å². The molecule has 11 heteroatoms. The van der Waals surface area contributed by atoms with Crippen molar-refractivity contribution in [2.45, 2.75) is 32.7 Å². The zero-order chi connectivity index (χ0) is 26.8. The fraction of sp³-hybridized carbons (Fsp3) is 0.333. The Morgan fingerprint density at radius 1 is 1.08 bits per heavy atom. The number of urea groups is 1. The molecule has 198 valence electrons.